The van der Waals surface area contributed by atoms with Gasteiger partial charge >= 0.3 is 0 Å². The molecular weight excluding hydrogens is 240 g/mol. The van der Waals surface area contributed by atoms with Crippen molar-refractivity contribution in [2.45, 2.75) is 30.5 Å². The van der Waals surface area contributed by atoms with Gasteiger partial charge in [0.05, 0.1) is 0 Å². The van der Waals surface area contributed by atoms with Crippen molar-refractivity contribution in [1.82, 2.24) is 20.2 Å². The first-order valence-corrected chi connectivity index (χ1v) is 5.84. The molecule has 0 fully saturated rings. The SMILES string of the molecule is CCc1c(NN)ncnc1Sc1nnc(C)o1. The predicted molar refractivity (Wildman–Crippen MR) is 62.4 cm³/mol. The smallest absolute Gasteiger partial charge is 0.282 e. The fourth-order valence-electron chi connectivity index (χ4n) is 1.33. The number of nitrogens with one attached hydrogen (secondary N) is 1. The van der Waals surface area contributed by atoms with Crippen LogP contribution in [0.1, 0.15) is 18.4 Å². The third-order valence-electron chi connectivity index (χ3n) is 2.09. The number of nitrogens with zero attached hydrogens (tertiary/aromatic N) is 4. The number of hydrazine groups is 1. The van der Waals surface area contributed by atoms with Crippen LogP contribution >= 0.6 is 11.8 Å². The monoisotopic (exact) mass is 252 g/mol. The normalized spacial score (nSPS) is 10.5. The Hall–Kier alpha value is -1.67. The topological polar surface area (TPSA) is 103 Å². The molecule has 2 rings (SSSR count). The molecule has 2 heterocycles. The van der Waals surface area contributed by atoms with E-state index in [0.717, 1.165) is 17.0 Å². The van der Waals surface area contributed by atoms with Crippen LogP contribution in [0.2, 0.25) is 0 Å². The molecular formula is C9H12N6OS. The number of hydrogen-bond acceptors (Lipinski definition) is 8. The Labute approximate surface area is 102 Å². The number of aromatic nitrogens is 4. The fraction of sp³-hybridized carbons (Fsp3) is 0.333. The van der Waals surface area contributed by atoms with Gasteiger partial charge in [0.2, 0.25) is 5.89 Å². The minimum Gasteiger partial charge on any atom is -0.416 e. The minimum absolute atomic E-state index is 0.457. The molecule has 8 heteroatoms. The number of nitrogens with two attached hydrogens (primary N) is 1. The molecule has 0 saturated carbocycles. The Balaban J connectivity index is 2.32. The van der Waals surface area contributed by atoms with Gasteiger partial charge in [0.25, 0.3) is 5.22 Å². The molecule has 0 saturated heterocycles. The maximum Gasteiger partial charge on any atom is 0.282 e. The molecule has 2 aromatic heterocycles. The molecule has 0 radical (unpaired) electrons. The van der Waals surface area contributed by atoms with Crippen LogP contribution in [0.3, 0.4) is 0 Å². The number of rotatable bonds is 4. The molecule has 0 unspecified atom stereocenters. The van der Waals surface area contributed by atoms with Gasteiger partial charge in [-0.1, -0.05) is 6.92 Å². The first-order valence-electron chi connectivity index (χ1n) is 5.03. The van der Waals surface area contributed by atoms with Crippen LogP contribution in [0.4, 0.5) is 5.82 Å². The maximum atomic E-state index is 5.39. The Kier molecular flexibility index (Phi) is 3.55. The lowest BCUT2D eigenvalue weighted by Crippen LogP contribution is -2.12. The van der Waals surface area contributed by atoms with E-state index >= 15 is 0 Å². The zero-order chi connectivity index (χ0) is 12.3. The van der Waals surface area contributed by atoms with Gasteiger partial charge in [-0.3, -0.25) is 0 Å². The third-order valence-corrected chi connectivity index (χ3v) is 2.97. The van der Waals surface area contributed by atoms with E-state index < -0.39 is 0 Å². The van der Waals surface area contributed by atoms with Crippen molar-refractivity contribution >= 4 is 17.6 Å². The van der Waals surface area contributed by atoms with Gasteiger partial charge in [-0.25, -0.2) is 15.8 Å². The van der Waals surface area contributed by atoms with E-state index in [0.29, 0.717) is 16.9 Å². The van der Waals surface area contributed by atoms with Crippen molar-refractivity contribution in [1.29, 1.82) is 0 Å². The first kappa shape index (κ1) is 11.8. The second-order valence-electron chi connectivity index (χ2n) is 3.19. The highest BCUT2D eigenvalue weighted by Crippen LogP contribution is 2.30. The summed E-state index contributed by atoms with van der Waals surface area (Å²) in [6, 6.07) is 0. The van der Waals surface area contributed by atoms with Crippen LogP contribution in [-0.4, -0.2) is 20.2 Å². The first-order chi connectivity index (χ1) is 8.24. The third kappa shape index (κ3) is 2.53. The molecule has 17 heavy (non-hydrogen) atoms. The van der Waals surface area contributed by atoms with Crippen molar-refractivity contribution in [2.75, 3.05) is 5.43 Å². The lowest BCUT2D eigenvalue weighted by molar-refractivity contribution is 0.429. The maximum absolute atomic E-state index is 5.39. The van der Waals surface area contributed by atoms with Crippen molar-refractivity contribution in [3.63, 3.8) is 0 Å². The average molecular weight is 252 g/mol. The summed E-state index contributed by atoms with van der Waals surface area (Å²) in [4.78, 5) is 8.24. The van der Waals surface area contributed by atoms with Crippen LogP contribution in [0.15, 0.2) is 21.0 Å². The van der Waals surface area contributed by atoms with Crippen LogP contribution in [0.25, 0.3) is 0 Å². The van der Waals surface area contributed by atoms with E-state index in [1.165, 1.54) is 18.1 Å². The van der Waals surface area contributed by atoms with Crippen LogP contribution in [0.5, 0.6) is 0 Å². The van der Waals surface area contributed by atoms with Gasteiger partial charge in [-0.05, 0) is 18.2 Å². The molecule has 0 atom stereocenters. The Morgan fingerprint density at radius 1 is 1.41 bits per heavy atom. The zero-order valence-electron chi connectivity index (χ0n) is 9.47. The van der Waals surface area contributed by atoms with E-state index in [9.17, 15) is 0 Å². The van der Waals surface area contributed by atoms with E-state index in [4.69, 9.17) is 10.3 Å². The summed E-state index contributed by atoms with van der Waals surface area (Å²) in [5.41, 5.74) is 3.47. The summed E-state index contributed by atoms with van der Waals surface area (Å²) >= 11 is 1.30. The summed E-state index contributed by atoms with van der Waals surface area (Å²) in [6.07, 6.45) is 2.20. The van der Waals surface area contributed by atoms with Crippen molar-refractivity contribution in [3.05, 3.63) is 17.8 Å². The summed E-state index contributed by atoms with van der Waals surface area (Å²) in [7, 11) is 0. The quantitative estimate of drug-likeness (QED) is 0.475. The van der Waals surface area contributed by atoms with Crippen molar-refractivity contribution in [2.24, 2.45) is 5.84 Å². The van der Waals surface area contributed by atoms with Gasteiger partial charge in [-0.2, -0.15) is 0 Å². The van der Waals surface area contributed by atoms with Crippen LogP contribution in [-0.2, 0) is 6.42 Å². The van der Waals surface area contributed by atoms with E-state index in [1.54, 1.807) is 6.92 Å². The Morgan fingerprint density at radius 2 is 2.24 bits per heavy atom. The van der Waals surface area contributed by atoms with Gasteiger partial charge in [0, 0.05) is 12.5 Å². The second kappa shape index (κ2) is 5.11. The van der Waals surface area contributed by atoms with Crippen molar-refractivity contribution in [3.8, 4) is 0 Å². The van der Waals surface area contributed by atoms with Crippen molar-refractivity contribution < 1.29 is 4.42 Å². The highest BCUT2D eigenvalue weighted by Gasteiger charge is 2.13. The van der Waals surface area contributed by atoms with Gasteiger partial charge in [0.1, 0.15) is 17.2 Å². The number of anilines is 1. The fourth-order valence-corrected chi connectivity index (χ4v) is 2.20. The molecule has 90 valence electrons. The van der Waals surface area contributed by atoms with E-state index in [1.807, 2.05) is 6.92 Å². The van der Waals surface area contributed by atoms with Gasteiger partial charge in [0.15, 0.2) is 0 Å². The van der Waals surface area contributed by atoms with E-state index in [2.05, 4.69) is 25.6 Å². The lowest BCUT2D eigenvalue weighted by Gasteiger charge is -2.08. The lowest BCUT2D eigenvalue weighted by atomic mass is 10.2. The highest BCUT2D eigenvalue weighted by atomic mass is 32.2. The average Bonchev–Trinajstić information content (AvgIpc) is 2.74. The summed E-state index contributed by atoms with van der Waals surface area (Å²) in [5.74, 6) is 6.53. The highest BCUT2D eigenvalue weighted by molar-refractivity contribution is 7.99. The van der Waals surface area contributed by atoms with Gasteiger partial charge in [-0.15, -0.1) is 10.2 Å². The Bertz CT molecular complexity index is 514. The Morgan fingerprint density at radius 3 is 2.82 bits per heavy atom. The molecule has 2 aromatic rings. The molecule has 0 aliphatic heterocycles. The molecule has 0 bridgehead atoms. The minimum atomic E-state index is 0.457. The van der Waals surface area contributed by atoms with Gasteiger partial charge < -0.3 is 9.84 Å². The molecule has 0 aromatic carbocycles. The summed E-state index contributed by atoms with van der Waals surface area (Å²) in [6.45, 7) is 3.74. The zero-order valence-corrected chi connectivity index (χ0v) is 10.3. The molecule has 0 aliphatic carbocycles. The standard InChI is InChI=1S/C9H12N6OS/c1-3-6-7(13-10)11-4-12-8(6)17-9-15-14-5(2)16-9/h4H,3,10H2,1-2H3,(H,11,12,13). The summed E-state index contributed by atoms with van der Waals surface area (Å²) < 4.78 is 5.29. The molecule has 0 spiro atoms. The molecule has 0 amide bonds. The van der Waals surface area contributed by atoms with Crippen LogP contribution < -0.4 is 11.3 Å². The number of nitrogen functional groups attached to an aromatic ring is 1. The largest absolute Gasteiger partial charge is 0.416 e. The number of aryl methyl sites for hydroxylation is 1. The molecule has 7 nitrogen and oxygen atoms in total. The van der Waals surface area contributed by atoms with Crippen LogP contribution in [0, 0.1) is 6.92 Å². The molecule has 3 N–H and O–H groups in total. The van der Waals surface area contributed by atoms with E-state index in [-0.39, 0.29) is 0 Å². The summed E-state index contributed by atoms with van der Waals surface area (Å²) in [5, 5.41) is 8.89. The molecule has 0 aliphatic rings. The predicted octanol–water partition coefficient (Wildman–Crippen LogP) is 1.17. The second-order valence-corrected chi connectivity index (χ2v) is 4.13. The number of hydrogen-bond donors (Lipinski definition) is 2.